The van der Waals surface area contributed by atoms with Crippen molar-refractivity contribution in [1.82, 2.24) is 0 Å². The molecule has 1 heterocycles. The fraction of sp³-hybridized carbons (Fsp3) is 0.368. The molecule has 1 fully saturated rings. The molecule has 0 radical (unpaired) electrons. The van der Waals surface area contributed by atoms with Gasteiger partial charge in [0.2, 0.25) is 9.84 Å². The molecule has 0 unspecified atom stereocenters. The van der Waals surface area contributed by atoms with E-state index in [9.17, 15) is 17.2 Å². The molecule has 0 aromatic heterocycles. The maximum absolute atomic E-state index is 12.6. The number of anilines is 1. The van der Waals surface area contributed by atoms with Gasteiger partial charge in [-0.1, -0.05) is 23.7 Å². The summed E-state index contributed by atoms with van der Waals surface area (Å²) >= 11 is 6.00. The average Bonchev–Trinajstić information content (AvgIpc) is 2.68. The summed E-state index contributed by atoms with van der Waals surface area (Å²) in [6.07, 6.45) is 1.67. The highest BCUT2D eigenvalue weighted by Crippen LogP contribution is 2.36. The van der Waals surface area contributed by atoms with Gasteiger partial charge in [-0.25, -0.2) is 8.42 Å². The Bertz CT molecular complexity index is 865. The van der Waals surface area contributed by atoms with Crippen molar-refractivity contribution in [1.29, 1.82) is 0 Å². The van der Waals surface area contributed by atoms with Crippen molar-refractivity contribution in [2.75, 3.05) is 25.1 Å². The molecule has 0 amide bonds. The van der Waals surface area contributed by atoms with Crippen molar-refractivity contribution < 1.29 is 21.9 Å². The van der Waals surface area contributed by atoms with E-state index in [2.05, 4.69) is 5.32 Å². The van der Waals surface area contributed by atoms with E-state index >= 15 is 0 Å². The van der Waals surface area contributed by atoms with Gasteiger partial charge >= 0.3 is 5.76 Å². The lowest BCUT2D eigenvalue weighted by molar-refractivity contribution is 0.0544. The van der Waals surface area contributed by atoms with E-state index in [-0.39, 0.29) is 10.3 Å². The fourth-order valence-corrected chi connectivity index (χ4v) is 4.12. The molecule has 1 aliphatic heterocycles. The van der Waals surface area contributed by atoms with Crippen LogP contribution >= 0.6 is 11.6 Å². The Hall–Kier alpha value is -1.70. The molecule has 4 nitrogen and oxygen atoms in total. The number of nitrogens with one attached hydrogen (secondary N) is 1. The summed E-state index contributed by atoms with van der Waals surface area (Å²) in [5.74, 6) is -3.42. The molecule has 27 heavy (non-hydrogen) atoms. The number of ether oxygens (including phenoxy) is 1. The van der Waals surface area contributed by atoms with Crippen LogP contribution in [0.15, 0.2) is 53.4 Å². The number of halogens is 3. The minimum Gasteiger partial charge on any atom is -0.384 e. The summed E-state index contributed by atoms with van der Waals surface area (Å²) < 4.78 is 53.8. The molecule has 0 bridgehead atoms. The van der Waals surface area contributed by atoms with Gasteiger partial charge in [0.1, 0.15) is 0 Å². The van der Waals surface area contributed by atoms with Crippen LogP contribution in [0, 0.1) is 0 Å². The molecule has 1 aliphatic rings. The number of hydrogen-bond donors (Lipinski definition) is 1. The Labute approximate surface area is 162 Å². The first kappa shape index (κ1) is 20.0. The quantitative estimate of drug-likeness (QED) is 0.754. The van der Waals surface area contributed by atoms with Crippen LogP contribution in [0.5, 0.6) is 0 Å². The van der Waals surface area contributed by atoms with Gasteiger partial charge in [-0.2, -0.15) is 8.78 Å². The highest BCUT2D eigenvalue weighted by atomic mass is 35.5. The van der Waals surface area contributed by atoms with Crippen LogP contribution in [-0.4, -0.2) is 33.9 Å². The van der Waals surface area contributed by atoms with Crippen LogP contribution < -0.4 is 5.32 Å². The second-order valence-electron chi connectivity index (χ2n) is 6.58. The summed E-state index contributed by atoms with van der Waals surface area (Å²) in [5.41, 5.74) is 1.68. The standard InChI is InChI=1S/C19H20ClF2NO3S/c20-15-3-1-14(2-4-15)19(9-11-26-12-10-19)13-23-16-5-7-17(8-6-16)27(24,25)18(21)22/h1-8,18,23H,9-13H2. The van der Waals surface area contributed by atoms with Crippen molar-refractivity contribution in [3.63, 3.8) is 0 Å². The van der Waals surface area contributed by atoms with Crippen LogP contribution in [0.25, 0.3) is 0 Å². The maximum Gasteiger partial charge on any atom is 0.341 e. The third kappa shape index (κ3) is 4.42. The number of benzene rings is 2. The molecule has 0 spiro atoms. The second kappa shape index (κ2) is 8.12. The number of alkyl halides is 2. The van der Waals surface area contributed by atoms with Gasteiger partial charge in [-0.3, -0.25) is 0 Å². The van der Waals surface area contributed by atoms with Gasteiger partial charge in [0.25, 0.3) is 0 Å². The zero-order chi connectivity index (χ0) is 19.5. The molecule has 2 aromatic carbocycles. The zero-order valence-corrected chi connectivity index (χ0v) is 16.1. The van der Waals surface area contributed by atoms with Gasteiger partial charge in [0, 0.05) is 35.9 Å². The summed E-state index contributed by atoms with van der Waals surface area (Å²) in [5, 5.41) is 3.98. The molecule has 0 aliphatic carbocycles. The lowest BCUT2D eigenvalue weighted by Crippen LogP contribution is -2.40. The van der Waals surface area contributed by atoms with Crippen molar-refractivity contribution in [3.05, 3.63) is 59.1 Å². The highest BCUT2D eigenvalue weighted by molar-refractivity contribution is 7.91. The molecule has 8 heteroatoms. The first-order valence-electron chi connectivity index (χ1n) is 8.53. The summed E-state index contributed by atoms with van der Waals surface area (Å²) in [6.45, 7) is 1.91. The van der Waals surface area contributed by atoms with Crippen LogP contribution in [0.1, 0.15) is 18.4 Å². The lowest BCUT2D eigenvalue weighted by Gasteiger charge is -2.38. The van der Waals surface area contributed by atoms with Crippen LogP contribution in [0.3, 0.4) is 0 Å². The Morgan fingerprint density at radius 1 is 1.04 bits per heavy atom. The van der Waals surface area contributed by atoms with Crippen molar-refractivity contribution in [2.45, 2.75) is 28.9 Å². The lowest BCUT2D eigenvalue weighted by atomic mass is 9.74. The molecule has 2 aromatic rings. The Morgan fingerprint density at radius 3 is 2.19 bits per heavy atom. The van der Waals surface area contributed by atoms with Crippen molar-refractivity contribution in [3.8, 4) is 0 Å². The SMILES string of the molecule is O=S(=O)(c1ccc(NCC2(c3ccc(Cl)cc3)CCOCC2)cc1)C(F)F. The summed E-state index contributed by atoms with van der Waals surface area (Å²) in [4.78, 5) is -0.387. The van der Waals surface area contributed by atoms with Gasteiger partial charge < -0.3 is 10.1 Å². The van der Waals surface area contributed by atoms with Gasteiger partial charge in [0.05, 0.1) is 4.90 Å². The Kier molecular flexibility index (Phi) is 6.03. The first-order chi connectivity index (χ1) is 12.8. The normalized spacial score (nSPS) is 17.0. The molecular weight excluding hydrogens is 396 g/mol. The van der Waals surface area contributed by atoms with E-state index in [1.807, 2.05) is 24.3 Å². The molecule has 1 N–H and O–H groups in total. The topological polar surface area (TPSA) is 55.4 Å². The third-order valence-electron chi connectivity index (χ3n) is 4.95. The number of sulfone groups is 1. The van der Waals surface area contributed by atoms with E-state index in [0.29, 0.717) is 30.5 Å². The molecule has 0 atom stereocenters. The monoisotopic (exact) mass is 415 g/mol. The number of hydrogen-bond acceptors (Lipinski definition) is 4. The van der Waals surface area contributed by atoms with Gasteiger partial charge in [-0.05, 0) is 54.8 Å². The maximum atomic E-state index is 12.6. The molecule has 1 saturated heterocycles. The fourth-order valence-electron chi connectivity index (χ4n) is 3.27. The van der Waals surface area contributed by atoms with E-state index in [1.54, 1.807) is 0 Å². The highest BCUT2D eigenvalue weighted by Gasteiger charge is 2.34. The van der Waals surface area contributed by atoms with Gasteiger partial charge in [0.15, 0.2) is 0 Å². The Morgan fingerprint density at radius 2 is 1.63 bits per heavy atom. The minimum atomic E-state index is -4.58. The first-order valence-corrected chi connectivity index (χ1v) is 10.5. The average molecular weight is 416 g/mol. The zero-order valence-electron chi connectivity index (χ0n) is 14.5. The van der Waals surface area contributed by atoms with Crippen LogP contribution in [0.4, 0.5) is 14.5 Å². The predicted octanol–water partition coefficient (Wildman–Crippen LogP) is 4.50. The van der Waals surface area contributed by atoms with Crippen molar-refractivity contribution in [2.24, 2.45) is 0 Å². The van der Waals surface area contributed by atoms with Crippen LogP contribution in [-0.2, 0) is 20.0 Å². The van der Waals surface area contributed by atoms with Crippen molar-refractivity contribution >= 4 is 27.1 Å². The van der Waals surface area contributed by atoms with E-state index < -0.39 is 15.6 Å². The summed E-state index contributed by atoms with van der Waals surface area (Å²) in [7, 11) is -4.58. The molecule has 0 saturated carbocycles. The van der Waals surface area contributed by atoms with E-state index in [4.69, 9.17) is 16.3 Å². The van der Waals surface area contributed by atoms with Crippen LogP contribution in [0.2, 0.25) is 5.02 Å². The molecule has 146 valence electrons. The smallest absolute Gasteiger partial charge is 0.341 e. The molecule has 3 rings (SSSR count). The largest absolute Gasteiger partial charge is 0.384 e. The minimum absolute atomic E-state index is 0.142. The second-order valence-corrected chi connectivity index (χ2v) is 8.94. The molecular formula is C19H20ClF2NO3S. The predicted molar refractivity (Wildman–Crippen MR) is 101 cm³/mol. The Balaban J connectivity index is 1.77. The third-order valence-corrected chi connectivity index (χ3v) is 6.61. The summed E-state index contributed by atoms with van der Waals surface area (Å²) in [6, 6.07) is 13.1. The van der Waals surface area contributed by atoms with E-state index in [1.165, 1.54) is 24.3 Å². The van der Waals surface area contributed by atoms with E-state index in [0.717, 1.165) is 18.4 Å². The van der Waals surface area contributed by atoms with Gasteiger partial charge in [-0.15, -0.1) is 0 Å². The number of rotatable bonds is 6.